The minimum Gasteiger partial charge on any atom is -0.465 e. The molecule has 1 heteroatoms. The van der Waals surface area contributed by atoms with E-state index in [9.17, 15) is 0 Å². The molecule has 2 aromatic rings. The number of benzene rings is 1. The van der Waals surface area contributed by atoms with Gasteiger partial charge in [0.25, 0.3) is 0 Å². The quantitative estimate of drug-likeness (QED) is 0.408. The molecule has 0 N–H and O–H groups in total. The maximum atomic E-state index is 5.71. The van der Waals surface area contributed by atoms with Gasteiger partial charge in [-0.1, -0.05) is 62.5 Å². The third-order valence-electron chi connectivity index (χ3n) is 6.77. The minimum atomic E-state index is 0. The predicted octanol–water partition coefficient (Wildman–Crippen LogP) is 9.68. The minimum absolute atomic E-state index is 0. The van der Waals surface area contributed by atoms with Crippen molar-refractivity contribution in [3.63, 3.8) is 0 Å². The van der Waals surface area contributed by atoms with Gasteiger partial charge >= 0.3 is 0 Å². The lowest BCUT2D eigenvalue weighted by atomic mass is 9.79. The molecule has 3 rings (SSSR count). The second-order valence-corrected chi connectivity index (χ2v) is 10.9. The lowest BCUT2D eigenvalue weighted by molar-refractivity contribution is 0.392. The summed E-state index contributed by atoms with van der Waals surface area (Å²) in [6.45, 7) is 28.8. The van der Waals surface area contributed by atoms with Crippen LogP contribution in [0.25, 0.3) is 5.57 Å². The largest absolute Gasteiger partial charge is 0.465 e. The summed E-state index contributed by atoms with van der Waals surface area (Å²) in [5, 5.41) is 0. The molecule has 1 aliphatic rings. The maximum absolute atomic E-state index is 5.71. The Bertz CT molecular complexity index is 950. The summed E-state index contributed by atoms with van der Waals surface area (Å²) < 4.78 is 5.71. The van der Waals surface area contributed by atoms with Crippen molar-refractivity contribution >= 4 is 5.57 Å². The van der Waals surface area contributed by atoms with E-state index < -0.39 is 0 Å². The van der Waals surface area contributed by atoms with E-state index in [-0.39, 0.29) is 25.7 Å². The Kier molecular flexibility index (Phi) is 9.24. The molecule has 0 aliphatic heterocycles. The Morgan fingerprint density at radius 3 is 1.45 bits per heavy atom. The van der Waals surface area contributed by atoms with Crippen LogP contribution in [0.3, 0.4) is 0 Å². The van der Waals surface area contributed by atoms with Gasteiger partial charge in [-0.05, 0) is 110 Å². The third-order valence-corrected chi connectivity index (χ3v) is 6.77. The Balaban J connectivity index is 0.000000575. The van der Waals surface area contributed by atoms with Crippen LogP contribution in [-0.4, -0.2) is 0 Å². The van der Waals surface area contributed by atoms with Crippen LogP contribution in [0, 0.1) is 53.9 Å². The Hall–Kier alpha value is -1.76. The van der Waals surface area contributed by atoms with Gasteiger partial charge in [-0.15, -0.1) is 0 Å². The van der Waals surface area contributed by atoms with Crippen LogP contribution in [0.15, 0.2) is 10.5 Å². The molecular weight excluding hydrogens is 376 g/mol. The average Bonchev–Trinajstić information content (AvgIpc) is 3.16. The van der Waals surface area contributed by atoms with Crippen LogP contribution in [0.5, 0.6) is 0 Å². The number of fused-ring (bicyclic) bond motifs is 1. The highest BCUT2D eigenvalue weighted by atomic mass is 16.3. The lowest BCUT2D eigenvalue weighted by Crippen LogP contribution is -2.11. The van der Waals surface area contributed by atoms with Crippen LogP contribution < -0.4 is 0 Å². The summed E-state index contributed by atoms with van der Waals surface area (Å²) in [6.07, 6.45) is 3.55. The average molecular weight is 427 g/mol. The van der Waals surface area contributed by atoms with Crippen LogP contribution >= 0.6 is 0 Å². The first-order valence-corrected chi connectivity index (χ1v) is 11.0. The van der Waals surface area contributed by atoms with E-state index in [2.05, 4.69) is 89.2 Å². The molecule has 1 heterocycles. The number of aryl methyl sites for hydroxylation is 1. The number of furan rings is 1. The van der Waals surface area contributed by atoms with Crippen molar-refractivity contribution in [2.75, 3.05) is 0 Å². The Morgan fingerprint density at radius 1 is 0.613 bits per heavy atom. The lowest BCUT2D eigenvalue weighted by Gasteiger charge is -2.25. The summed E-state index contributed by atoms with van der Waals surface area (Å²) in [5.74, 6) is 2.18. The Morgan fingerprint density at radius 2 is 1.10 bits per heavy atom. The predicted molar refractivity (Wildman–Crippen MR) is 142 cm³/mol. The second kappa shape index (κ2) is 9.80. The summed E-state index contributed by atoms with van der Waals surface area (Å²) >= 11 is 0. The van der Waals surface area contributed by atoms with Crippen LogP contribution in [0.1, 0.15) is 112 Å². The molecule has 0 saturated heterocycles. The molecule has 1 aromatic heterocycles. The van der Waals surface area contributed by atoms with Gasteiger partial charge in [-0.3, -0.25) is 0 Å². The summed E-state index contributed by atoms with van der Waals surface area (Å²) in [4.78, 5) is 0. The molecular formula is C30H50O. The van der Waals surface area contributed by atoms with E-state index >= 15 is 0 Å². The zero-order chi connectivity index (χ0) is 22.5. The van der Waals surface area contributed by atoms with Gasteiger partial charge in [-0.2, -0.15) is 0 Å². The molecule has 1 nitrogen and oxygen atoms in total. The van der Waals surface area contributed by atoms with Gasteiger partial charge in [0, 0.05) is 5.41 Å². The summed E-state index contributed by atoms with van der Waals surface area (Å²) in [5.41, 5.74) is 13.6. The number of rotatable bonds is 0. The first-order valence-electron chi connectivity index (χ1n) is 11.0. The van der Waals surface area contributed by atoms with Crippen LogP contribution in [0.4, 0.5) is 0 Å². The van der Waals surface area contributed by atoms with Gasteiger partial charge in [0.1, 0.15) is 11.5 Å². The molecule has 31 heavy (non-hydrogen) atoms. The molecule has 0 atom stereocenters. The van der Waals surface area contributed by atoms with E-state index in [0.29, 0.717) is 0 Å². The van der Waals surface area contributed by atoms with Crippen LogP contribution in [0.2, 0.25) is 0 Å². The smallest absolute Gasteiger partial charge is 0.112 e. The van der Waals surface area contributed by atoms with E-state index in [1.807, 2.05) is 6.92 Å². The van der Waals surface area contributed by atoms with Crippen molar-refractivity contribution in [1.82, 2.24) is 0 Å². The van der Waals surface area contributed by atoms with Gasteiger partial charge in [0.15, 0.2) is 0 Å². The molecule has 1 aromatic carbocycles. The fourth-order valence-corrected chi connectivity index (χ4v) is 4.45. The van der Waals surface area contributed by atoms with Crippen molar-refractivity contribution in [1.29, 1.82) is 0 Å². The van der Waals surface area contributed by atoms with E-state index in [4.69, 9.17) is 4.42 Å². The normalized spacial score (nSPS) is 12.9. The molecule has 0 fully saturated rings. The first kappa shape index (κ1) is 29.2. The monoisotopic (exact) mass is 426 g/mol. The standard InChI is InChI=1S/C17H24.C11H18O.2CH4/c1-10-11(2)13(4)16-14(12(10)3)8-9-15(16)17(5,6)7;1-7-8(2)10(11(4,5)6)12-9(7)3;;/h9H,8H2,1-7H3;1-6H3;2*1H4. The van der Waals surface area contributed by atoms with E-state index in [0.717, 1.165) is 17.9 Å². The molecule has 0 unspecified atom stereocenters. The van der Waals surface area contributed by atoms with Crippen molar-refractivity contribution < 1.29 is 4.42 Å². The van der Waals surface area contributed by atoms with Crippen molar-refractivity contribution in [2.45, 2.75) is 117 Å². The molecule has 0 amide bonds. The molecule has 0 radical (unpaired) electrons. The van der Waals surface area contributed by atoms with Crippen molar-refractivity contribution in [2.24, 2.45) is 5.41 Å². The van der Waals surface area contributed by atoms with Crippen molar-refractivity contribution in [3.8, 4) is 0 Å². The summed E-state index contributed by atoms with van der Waals surface area (Å²) in [6, 6.07) is 0. The molecule has 1 aliphatic carbocycles. The molecule has 0 saturated carbocycles. The molecule has 0 spiro atoms. The molecule has 0 bridgehead atoms. The van der Waals surface area contributed by atoms with Gasteiger partial charge < -0.3 is 4.42 Å². The number of allylic oxidation sites excluding steroid dienone is 2. The fourth-order valence-electron chi connectivity index (χ4n) is 4.45. The molecule has 176 valence electrons. The van der Waals surface area contributed by atoms with E-state index in [1.165, 1.54) is 44.5 Å². The maximum Gasteiger partial charge on any atom is 0.112 e. The van der Waals surface area contributed by atoms with Crippen molar-refractivity contribution in [3.05, 3.63) is 62.1 Å². The van der Waals surface area contributed by atoms with Gasteiger partial charge in [0.05, 0.1) is 0 Å². The van der Waals surface area contributed by atoms with Gasteiger partial charge in [0.2, 0.25) is 0 Å². The van der Waals surface area contributed by atoms with Crippen LogP contribution in [-0.2, 0) is 11.8 Å². The van der Waals surface area contributed by atoms with E-state index in [1.54, 1.807) is 5.56 Å². The SMILES string of the molecule is C.C.Cc1c(C)c(C)c2c(c1C)CC=C2C(C)(C)C.Cc1oc(C(C)(C)C)c(C)c1C. The highest BCUT2D eigenvalue weighted by Crippen LogP contribution is 2.44. The number of hydrogen-bond donors (Lipinski definition) is 0. The summed E-state index contributed by atoms with van der Waals surface area (Å²) in [7, 11) is 0. The zero-order valence-corrected chi connectivity index (χ0v) is 21.2. The zero-order valence-electron chi connectivity index (χ0n) is 21.2. The van der Waals surface area contributed by atoms with Gasteiger partial charge in [-0.25, -0.2) is 0 Å². The Labute approximate surface area is 194 Å². The topological polar surface area (TPSA) is 13.1 Å². The third kappa shape index (κ3) is 5.54. The fraction of sp³-hybridized carbons (Fsp3) is 0.600. The first-order chi connectivity index (χ1) is 13.1. The highest BCUT2D eigenvalue weighted by molar-refractivity contribution is 5.80. The highest BCUT2D eigenvalue weighted by Gasteiger charge is 2.28. The second-order valence-electron chi connectivity index (χ2n) is 10.9. The number of hydrogen-bond acceptors (Lipinski definition) is 1.